The van der Waals surface area contributed by atoms with Crippen molar-refractivity contribution in [1.82, 2.24) is 4.98 Å². The highest BCUT2D eigenvalue weighted by molar-refractivity contribution is 5.69. The van der Waals surface area contributed by atoms with Crippen LogP contribution in [0.2, 0.25) is 0 Å². The first-order valence-electron chi connectivity index (χ1n) is 11.1. The molecule has 1 unspecified atom stereocenters. The second kappa shape index (κ2) is 12.5. The summed E-state index contributed by atoms with van der Waals surface area (Å²) in [7, 11) is 1.67. The highest BCUT2D eigenvalue weighted by Gasteiger charge is 2.18. The zero-order valence-corrected chi connectivity index (χ0v) is 18.8. The second-order valence-electron chi connectivity index (χ2n) is 7.49. The molecule has 32 heavy (non-hydrogen) atoms. The summed E-state index contributed by atoms with van der Waals surface area (Å²) in [5, 5.41) is 0. The summed E-state index contributed by atoms with van der Waals surface area (Å²) in [4.78, 5) is 16.0. The van der Waals surface area contributed by atoms with E-state index in [1.54, 1.807) is 7.11 Å². The zero-order valence-electron chi connectivity index (χ0n) is 18.8. The number of pyridine rings is 1. The van der Waals surface area contributed by atoms with Gasteiger partial charge in [-0.3, -0.25) is 9.78 Å². The molecule has 0 saturated heterocycles. The van der Waals surface area contributed by atoms with Crippen molar-refractivity contribution >= 4 is 5.97 Å². The van der Waals surface area contributed by atoms with Gasteiger partial charge in [-0.05, 0) is 73.7 Å². The number of rotatable bonds is 12. The van der Waals surface area contributed by atoms with E-state index in [0.717, 1.165) is 47.6 Å². The highest BCUT2D eigenvalue weighted by atomic mass is 16.5. The van der Waals surface area contributed by atoms with Crippen LogP contribution in [-0.2, 0) is 9.53 Å². The standard InChI is InChI=1S/C27H31NO4/c1-3-31-26(29)10-5-4-8-20-32-24-17-13-22(14-18-24)27(25-9-6-7-19-28-25)21-11-15-23(30-2)16-12-21/h6-7,9,11-19,27H,3-5,8,10,20H2,1-2H3. The van der Waals surface area contributed by atoms with Crippen molar-refractivity contribution in [1.29, 1.82) is 0 Å². The quantitative estimate of drug-likeness (QED) is 0.268. The van der Waals surface area contributed by atoms with E-state index in [4.69, 9.17) is 14.2 Å². The summed E-state index contributed by atoms with van der Waals surface area (Å²) < 4.78 is 16.1. The minimum absolute atomic E-state index is 0.0269. The SMILES string of the molecule is CCOC(=O)CCCCCOc1ccc(C(c2ccc(OC)cc2)c2ccccn2)cc1. The number of methoxy groups -OCH3 is 1. The van der Waals surface area contributed by atoms with E-state index in [-0.39, 0.29) is 11.9 Å². The third-order valence-corrected chi connectivity index (χ3v) is 5.25. The van der Waals surface area contributed by atoms with E-state index >= 15 is 0 Å². The van der Waals surface area contributed by atoms with Gasteiger partial charge < -0.3 is 14.2 Å². The molecular weight excluding hydrogens is 402 g/mol. The fourth-order valence-electron chi connectivity index (χ4n) is 3.60. The first-order valence-corrected chi connectivity index (χ1v) is 11.1. The number of nitrogens with zero attached hydrogens (tertiary/aromatic N) is 1. The minimum atomic E-state index is -0.122. The van der Waals surface area contributed by atoms with Crippen LogP contribution in [0.1, 0.15) is 55.3 Å². The Hall–Kier alpha value is -3.34. The maximum absolute atomic E-state index is 11.4. The molecule has 0 spiro atoms. The summed E-state index contributed by atoms with van der Waals surface area (Å²) in [6.07, 6.45) is 4.97. The van der Waals surface area contributed by atoms with E-state index in [9.17, 15) is 4.79 Å². The van der Waals surface area contributed by atoms with Crippen molar-refractivity contribution in [2.24, 2.45) is 0 Å². The van der Waals surface area contributed by atoms with Crippen LogP contribution in [0.15, 0.2) is 72.9 Å². The normalized spacial score (nSPS) is 11.6. The summed E-state index contributed by atoms with van der Waals surface area (Å²) >= 11 is 0. The van der Waals surface area contributed by atoms with Crippen LogP contribution in [0.4, 0.5) is 0 Å². The molecule has 0 amide bonds. The summed E-state index contributed by atoms with van der Waals surface area (Å²) in [5.41, 5.74) is 3.29. The van der Waals surface area contributed by atoms with Gasteiger partial charge in [0.2, 0.25) is 0 Å². The van der Waals surface area contributed by atoms with E-state index in [1.807, 2.05) is 49.5 Å². The van der Waals surface area contributed by atoms with Gasteiger partial charge in [-0.1, -0.05) is 30.3 Å². The Labute approximate surface area is 190 Å². The molecule has 3 rings (SSSR count). The lowest BCUT2D eigenvalue weighted by atomic mass is 9.88. The Morgan fingerprint density at radius 1 is 0.875 bits per heavy atom. The van der Waals surface area contributed by atoms with Crippen molar-refractivity contribution in [2.75, 3.05) is 20.3 Å². The Kier molecular flexibility index (Phi) is 9.11. The molecule has 0 saturated carbocycles. The predicted molar refractivity (Wildman–Crippen MR) is 125 cm³/mol. The maximum Gasteiger partial charge on any atom is 0.305 e. The summed E-state index contributed by atoms with van der Waals surface area (Å²) in [6.45, 7) is 2.90. The summed E-state index contributed by atoms with van der Waals surface area (Å²) in [5.74, 6) is 1.58. The Balaban J connectivity index is 1.60. The van der Waals surface area contributed by atoms with E-state index in [1.165, 1.54) is 0 Å². The van der Waals surface area contributed by atoms with Gasteiger partial charge in [-0.15, -0.1) is 0 Å². The fraction of sp³-hybridized carbons (Fsp3) is 0.333. The van der Waals surface area contributed by atoms with Gasteiger partial charge in [0, 0.05) is 12.6 Å². The van der Waals surface area contributed by atoms with E-state index < -0.39 is 0 Å². The van der Waals surface area contributed by atoms with Gasteiger partial charge in [-0.25, -0.2) is 0 Å². The number of benzene rings is 2. The van der Waals surface area contributed by atoms with Crippen LogP contribution < -0.4 is 9.47 Å². The predicted octanol–water partition coefficient (Wildman–Crippen LogP) is 5.77. The van der Waals surface area contributed by atoms with Crippen LogP contribution in [0.25, 0.3) is 0 Å². The van der Waals surface area contributed by atoms with Crippen LogP contribution >= 0.6 is 0 Å². The molecule has 0 aliphatic carbocycles. The lowest BCUT2D eigenvalue weighted by Gasteiger charge is -2.18. The Bertz CT molecular complexity index is 940. The average molecular weight is 434 g/mol. The number of ether oxygens (including phenoxy) is 3. The molecule has 5 heteroatoms. The number of esters is 1. The third kappa shape index (κ3) is 6.84. The smallest absolute Gasteiger partial charge is 0.305 e. The second-order valence-corrected chi connectivity index (χ2v) is 7.49. The molecule has 0 aliphatic heterocycles. The van der Waals surface area contributed by atoms with Gasteiger partial charge in [0.15, 0.2) is 0 Å². The van der Waals surface area contributed by atoms with Crippen LogP contribution in [0.5, 0.6) is 11.5 Å². The average Bonchev–Trinajstić information content (AvgIpc) is 2.84. The van der Waals surface area contributed by atoms with E-state index in [0.29, 0.717) is 19.6 Å². The summed E-state index contributed by atoms with van der Waals surface area (Å²) in [6, 6.07) is 22.3. The van der Waals surface area contributed by atoms with Crippen LogP contribution in [0.3, 0.4) is 0 Å². The molecule has 5 nitrogen and oxygen atoms in total. The molecule has 3 aromatic rings. The highest BCUT2D eigenvalue weighted by Crippen LogP contribution is 2.32. The zero-order chi connectivity index (χ0) is 22.6. The fourth-order valence-corrected chi connectivity index (χ4v) is 3.60. The van der Waals surface area contributed by atoms with Crippen molar-refractivity contribution in [3.63, 3.8) is 0 Å². The van der Waals surface area contributed by atoms with Crippen LogP contribution in [0, 0.1) is 0 Å². The molecule has 1 atom stereocenters. The molecule has 0 fully saturated rings. The number of unbranched alkanes of at least 4 members (excludes halogenated alkanes) is 2. The van der Waals surface area contributed by atoms with Crippen molar-refractivity contribution < 1.29 is 19.0 Å². The largest absolute Gasteiger partial charge is 0.497 e. The van der Waals surface area contributed by atoms with Gasteiger partial charge in [-0.2, -0.15) is 0 Å². The van der Waals surface area contributed by atoms with Gasteiger partial charge >= 0.3 is 5.97 Å². The topological polar surface area (TPSA) is 57.7 Å². The number of aromatic nitrogens is 1. The monoisotopic (exact) mass is 433 g/mol. The van der Waals surface area contributed by atoms with Crippen molar-refractivity contribution in [3.05, 3.63) is 89.7 Å². The van der Waals surface area contributed by atoms with Gasteiger partial charge in [0.05, 0.1) is 31.9 Å². The molecule has 0 radical (unpaired) electrons. The minimum Gasteiger partial charge on any atom is -0.497 e. The Morgan fingerprint density at radius 2 is 1.56 bits per heavy atom. The maximum atomic E-state index is 11.4. The molecule has 2 aromatic carbocycles. The molecule has 0 bridgehead atoms. The third-order valence-electron chi connectivity index (χ3n) is 5.25. The van der Waals surface area contributed by atoms with Gasteiger partial charge in [0.1, 0.15) is 11.5 Å². The van der Waals surface area contributed by atoms with Crippen molar-refractivity contribution in [2.45, 2.75) is 38.5 Å². The Morgan fingerprint density at radius 3 is 2.16 bits per heavy atom. The van der Waals surface area contributed by atoms with E-state index in [2.05, 4.69) is 35.3 Å². The van der Waals surface area contributed by atoms with Crippen molar-refractivity contribution in [3.8, 4) is 11.5 Å². The van der Waals surface area contributed by atoms with Gasteiger partial charge in [0.25, 0.3) is 0 Å². The number of hydrogen-bond acceptors (Lipinski definition) is 5. The number of carbonyl (C=O) groups is 1. The first-order chi connectivity index (χ1) is 15.7. The molecule has 168 valence electrons. The lowest BCUT2D eigenvalue weighted by Crippen LogP contribution is -2.06. The number of carbonyl (C=O) groups excluding carboxylic acids is 1. The first kappa shape index (κ1) is 23.3. The van der Waals surface area contributed by atoms with Crippen LogP contribution in [-0.4, -0.2) is 31.3 Å². The molecular formula is C27H31NO4. The molecule has 0 aliphatic rings. The molecule has 0 N–H and O–H groups in total. The lowest BCUT2D eigenvalue weighted by molar-refractivity contribution is -0.143. The molecule has 1 heterocycles. The number of hydrogen-bond donors (Lipinski definition) is 0. The molecule has 1 aromatic heterocycles.